The lowest BCUT2D eigenvalue weighted by atomic mass is 10.1. The molecular formula is C21H20N2O4S2. The van der Waals surface area contributed by atoms with E-state index >= 15 is 0 Å². The minimum Gasteiger partial charge on any atom is -0.497 e. The van der Waals surface area contributed by atoms with E-state index in [4.69, 9.17) is 4.74 Å². The molecule has 0 spiro atoms. The number of rotatable bonds is 5. The maximum atomic E-state index is 12.8. The predicted octanol–water partition coefficient (Wildman–Crippen LogP) is 3.76. The van der Waals surface area contributed by atoms with E-state index in [0.29, 0.717) is 30.1 Å². The van der Waals surface area contributed by atoms with Gasteiger partial charge in [0.25, 0.3) is 15.9 Å². The van der Waals surface area contributed by atoms with Crippen LogP contribution in [0.1, 0.15) is 20.8 Å². The lowest BCUT2D eigenvalue weighted by Crippen LogP contribution is -2.35. The minimum absolute atomic E-state index is 0.0890. The average molecular weight is 429 g/mol. The standard InChI is InChI=1S/C21H20N2O4S2/c1-27-18-6-4-17(5-7-18)22-29(25,26)19-8-2-15(3-9-19)21(24)23-12-10-20-16(14-23)11-13-28-20/h2-9,11,13,22H,10,12,14H2,1H3. The number of anilines is 1. The number of hydrogen-bond donors (Lipinski definition) is 1. The van der Waals surface area contributed by atoms with E-state index < -0.39 is 10.0 Å². The molecular weight excluding hydrogens is 408 g/mol. The molecule has 1 N–H and O–H groups in total. The molecule has 0 bridgehead atoms. The fraction of sp³-hybridized carbons (Fsp3) is 0.190. The van der Waals surface area contributed by atoms with Gasteiger partial charge < -0.3 is 9.64 Å². The summed E-state index contributed by atoms with van der Waals surface area (Å²) in [6.07, 6.45) is 0.858. The van der Waals surface area contributed by atoms with Gasteiger partial charge in [0.1, 0.15) is 5.75 Å². The first-order valence-electron chi connectivity index (χ1n) is 9.08. The van der Waals surface area contributed by atoms with E-state index in [1.807, 2.05) is 5.38 Å². The van der Waals surface area contributed by atoms with Crippen molar-refractivity contribution in [2.45, 2.75) is 17.9 Å². The van der Waals surface area contributed by atoms with Gasteiger partial charge in [0.05, 0.1) is 12.0 Å². The molecule has 0 unspecified atom stereocenters. The van der Waals surface area contributed by atoms with E-state index in [9.17, 15) is 13.2 Å². The number of nitrogens with one attached hydrogen (secondary N) is 1. The van der Waals surface area contributed by atoms with E-state index in [-0.39, 0.29) is 10.8 Å². The third-order valence-corrected chi connectivity index (χ3v) is 7.27. The molecule has 0 fully saturated rings. The van der Waals surface area contributed by atoms with Crippen molar-refractivity contribution < 1.29 is 17.9 Å². The molecule has 0 saturated carbocycles. The zero-order chi connectivity index (χ0) is 20.4. The molecule has 1 aliphatic rings. The van der Waals surface area contributed by atoms with Gasteiger partial charge in [-0.2, -0.15) is 0 Å². The first kappa shape index (κ1) is 19.5. The Kier molecular flexibility index (Phi) is 5.29. The number of amides is 1. The van der Waals surface area contributed by atoms with Crippen LogP contribution >= 0.6 is 11.3 Å². The second-order valence-corrected chi connectivity index (χ2v) is 9.39. The van der Waals surface area contributed by atoms with E-state index in [1.54, 1.807) is 59.7 Å². The summed E-state index contributed by atoms with van der Waals surface area (Å²) in [5, 5.41) is 2.05. The van der Waals surface area contributed by atoms with E-state index in [2.05, 4.69) is 10.8 Å². The van der Waals surface area contributed by atoms with Crippen molar-refractivity contribution in [1.29, 1.82) is 0 Å². The van der Waals surface area contributed by atoms with Gasteiger partial charge in [0.15, 0.2) is 0 Å². The number of hydrogen-bond acceptors (Lipinski definition) is 5. The topological polar surface area (TPSA) is 75.7 Å². The summed E-state index contributed by atoms with van der Waals surface area (Å²) in [4.78, 5) is 16.0. The fourth-order valence-corrected chi connectivity index (χ4v) is 5.20. The Bertz CT molecular complexity index is 1120. The van der Waals surface area contributed by atoms with Crippen LogP contribution in [0.3, 0.4) is 0 Å². The number of sulfonamides is 1. The highest BCUT2D eigenvalue weighted by atomic mass is 32.2. The van der Waals surface area contributed by atoms with Gasteiger partial charge in [-0.15, -0.1) is 11.3 Å². The molecule has 6 nitrogen and oxygen atoms in total. The average Bonchev–Trinajstić information content (AvgIpc) is 3.21. The van der Waals surface area contributed by atoms with Gasteiger partial charge in [0, 0.05) is 29.2 Å². The molecule has 29 heavy (non-hydrogen) atoms. The van der Waals surface area contributed by atoms with Crippen LogP contribution in [0.2, 0.25) is 0 Å². The Balaban J connectivity index is 1.47. The van der Waals surface area contributed by atoms with Crippen LogP contribution in [0.25, 0.3) is 0 Å². The predicted molar refractivity (Wildman–Crippen MR) is 113 cm³/mol. The van der Waals surface area contributed by atoms with Crippen molar-refractivity contribution in [2.75, 3.05) is 18.4 Å². The number of ether oxygens (including phenoxy) is 1. The van der Waals surface area contributed by atoms with E-state index in [0.717, 1.165) is 6.42 Å². The van der Waals surface area contributed by atoms with Crippen molar-refractivity contribution in [2.24, 2.45) is 0 Å². The van der Waals surface area contributed by atoms with Crippen LogP contribution < -0.4 is 9.46 Å². The van der Waals surface area contributed by atoms with Crippen LogP contribution in [0.5, 0.6) is 5.75 Å². The molecule has 3 aromatic rings. The summed E-state index contributed by atoms with van der Waals surface area (Å²) in [7, 11) is -2.20. The molecule has 4 rings (SSSR count). The van der Waals surface area contributed by atoms with Crippen LogP contribution in [0.15, 0.2) is 64.9 Å². The van der Waals surface area contributed by atoms with Crippen LogP contribution in [-0.4, -0.2) is 32.9 Å². The van der Waals surface area contributed by atoms with Gasteiger partial charge >= 0.3 is 0 Å². The maximum Gasteiger partial charge on any atom is 0.261 e. The zero-order valence-corrected chi connectivity index (χ0v) is 17.4. The smallest absolute Gasteiger partial charge is 0.261 e. The van der Waals surface area contributed by atoms with Gasteiger partial charge in [-0.1, -0.05) is 0 Å². The van der Waals surface area contributed by atoms with Gasteiger partial charge in [-0.3, -0.25) is 9.52 Å². The van der Waals surface area contributed by atoms with E-state index in [1.165, 1.54) is 22.6 Å². The highest BCUT2D eigenvalue weighted by Gasteiger charge is 2.23. The number of thiophene rings is 1. The van der Waals surface area contributed by atoms with Crippen molar-refractivity contribution in [3.63, 3.8) is 0 Å². The molecule has 1 amide bonds. The number of nitrogens with zero attached hydrogens (tertiary/aromatic N) is 1. The molecule has 2 heterocycles. The normalized spacial score (nSPS) is 13.6. The maximum absolute atomic E-state index is 12.8. The van der Waals surface area contributed by atoms with Gasteiger partial charge in [-0.25, -0.2) is 8.42 Å². The molecule has 0 radical (unpaired) electrons. The summed E-state index contributed by atoms with van der Waals surface area (Å²) in [6, 6.07) is 14.7. The second kappa shape index (κ2) is 7.88. The molecule has 1 aliphatic heterocycles. The first-order chi connectivity index (χ1) is 14.0. The molecule has 150 valence electrons. The monoisotopic (exact) mass is 428 g/mol. The summed E-state index contributed by atoms with van der Waals surface area (Å²) in [6.45, 7) is 1.27. The van der Waals surface area contributed by atoms with Crippen molar-refractivity contribution in [1.82, 2.24) is 4.90 Å². The minimum atomic E-state index is -3.75. The molecule has 0 aliphatic carbocycles. The number of carbonyl (C=O) groups excluding carboxylic acids is 1. The lowest BCUT2D eigenvalue weighted by Gasteiger charge is -2.27. The number of fused-ring (bicyclic) bond motifs is 1. The van der Waals surface area contributed by atoms with Gasteiger partial charge in [0.2, 0.25) is 0 Å². The van der Waals surface area contributed by atoms with Crippen molar-refractivity contribution >= 4 is 33.0 Å². The van der Waals surface area contributed by atoms with Crippen LogP contribution in [0, 0.1) is 0 Å². The highest BCUT2D eigenvalue weighted by molar-refractivity contribution is 7.92. The summed E-state index contributed by atoms with van der Waals surface area (Å²) in [5.74, 6) is 0.553. The molecule has 1 aromatic heterocycles. The van der Waals surface area contributed by atoms with Crippen LogP contribution in [-0.2, 0) is 23.0 Å². The van der Waals surface area contributed by atoms with Crippen molar-refractivity contribution in [3.8, 4) is 5.75 Å². The highest BCUT2D eigenvalue weighted by Crippen LogP contribution is 2.25. The molecule has 0 atom stereocenters. The molecule has 8 heteroatoms. The van der Waals surface area contributed by atoms with Crippen LogP contribution in [0.4, 0.5) is 5.69 Å². The molecule has 0 saturated heterocycles. The summed E-state index contributed by atoms with van der Waals surface area (Å²) >= 11 is 1.72. The Morgan fingerprint density at radius 2 is 1.79 bits per heavy atom. The van der Waals surface area contributed by atoms with Crippen molar-refractivity contribution in [3.05, 3.63) is 76.0 Å². The first-order valence-corrected chi connectivity index (χ1v) is 11.4. The SMILES string of the molecule is COc1ccc(NS(=O)(=O)c2ccc(C(=O)N3CCc4sccc4C3)cc2)cc1. The third-order valence-electron chi connectivity index (χ3n) is 4.85. The Labute approximate surface area is 173 Å². The molecule has 2 aromatic carbocycles. The quantitative estimate of drug-likeness (QED) is 0.671. The Hall–Kier alpha value is -2.84. The lowest BCUT2D eigenvalue weighted by molar-refractivity contribution is 0.0736. The second-order valence-electron chi connectivity index (χ2n) is 6.70. The Morgan fingerprint density at radius 3 is 2.48 bits per heavy atom. The largest absolute Gasteiger partial charge is 0.497 e. The van der Waals surface area contributed by atoms with Gasteiger partial charge in [-0.05, 0) is 72.0 Å². The number of methoxy groups -OCH3 is 1. The summed E-state index contributed by atoms with van der Waals surface area (Å²) < 4.78 is 32.8. The number of benzene rings is 2. The third kappa shape index (κ3) is 4.13. The Morgan fingerprint density at radius 1 is 1.07 bits per heavy atom. The summed E-state index contributed by atoms with van der Waals surface area (Å²) in [5.41, 5.74) is 2.11. The zero-order valence-electron chi connectivity index (χ0n) is 15.8. The number of carbonyl (C=O) groups is 1. The fourth-order valence-electron chi connectivity index (χ4n) is 3.25.